The van der Waals surface area contributed by atoms with Gasteiger partial charge in [0.1, 0.15) is 5.75 Å². The molecule has 2 aromatic rings. The van der Waals surface area contributed by atoms with Crippen LogP contribution in [0.4, 0.5) is 11.4 Å². The third kappa shape index (κ3) is 2.69. The van der Waals surface area contributed by atoms with E-state index in [0.29, 0.717) is 16.9 Å². The molecule has 3 N–H and O–H groups in total. The van der Waals surface area contributed by atoms with Crippen LogP contribution >= 0.6 is 0 Å². The summed E-state index contributed by atoms with van der Waals surface area (Å²) in [6.07, 6.45) is 1.75. The van der Waals surface area contributed by atoms with Gasteiger partial charge >= 0.3 is 0 Å². The summed E-state index contributed by atoms with van der Waals surface area (Å²) in [6, 6.07) is 11.8. The van der Waals surface area contributed by atoms with Crippen LogP contribution in [0.2, 0.25) is 0 Å². The molecule has 0 aliphatic carbocycles. The number of amides is 2. The van der Waals surface area contributed by atoms with Gasteiger partial charge in [0.05, 0.1) is 0 Å². The second-order valence-corrected chi connectivity index (χ2v) is 5.05. The number of benzene rings is 2. The predicted octanol–water partition coefficient (Wildman–Crippen LogP) is 2.84. The predicted molar refractivity (Wildman–Crippen MR) is 85.4 cm³/mol. The first-order chi connectivity index (χ1) is 10.5. The second-order valence-electron chi connectivity index (χ2n) is 5.05. The standard InChI is InChI=1S/C17H14N2O3/c1-10(20)18-12-4-7-16-14(9-12)15(17(22)19-16)8-11-2-5-13(21)6-3-11/h2-9,21H,1H3,(H,18,20)(H,19,22). The molecular weight excluding hydrogens is 280 g/mol. The van der Waals surface area contributed by atoms with E-state index in [1.807, 2.05) is 0 Å². The van der Waals surface area contributed by atoms with E-state index in [0.717, 1.165) is 11.1 Å². The molecule has 0 unspecified atom stereocenters. The molecule has 5 heteroatoms. The Bertz CT molecular complexity index is 792. The Morgan fingerprint density at radius 2 is 1.91 bits per heavy atom. The molecule has 0 saturated heterocycles. The quantitative estimate of drug-likeness (QED) is 0.745. The summed E-state index contributed by atoms with van der Waals surface area (Å²) >= 11 is 0. The topological polar surface area (TPSA) is 78.4 Å². The lowest BCUT2D eigenvalue weighted by Gasteiger charge is -2.05. The molecule has 3 rings (SSSR count). The maximum absolute atomic E-state index is 12.1. The van der Waals surface area contributed by atoms with Crippen molar-refractivity contribution in [2.75, 3.05) is 10.6 Å². The van der Waals surface area contributed by atoms with E-state index in [9.17, 15) is 14.7 Å². The van der Waals surface area contributed by atoms with Crippen LogP contribution < -0.4 is 10.6 Å². The number of hydrogen-bond donors (Lipinski definition) is 3. The Balaban J connectivity index is 2.02. The Kier molecular flexibility index (Phi) is 3.39. The lowest BCUT2D eigenvalue weighted by atomic mass is 10.0. The average molecular weight is 294 g/mol. The molecule has 5 nitrogen and oxygen atoms in total. The first kappa shape index (κ1) is 13.9. The van der Waals surface area contributed by atoms with Crippen LogP contribution in [-0.4, -0.2) is 16.9 Å². The minimum Gasteiger partial charge on any atom is -0.508 e. The average Bonchev–Trinajstić information content (AvgIpc) is 2.77. The monoisotopic (exact) mass is 294 g/mol. The zero-order chi connectivity index (χ0) is 15.7. The number of phenols is 1. The number of nitrogens with one attached hydrogen (secondary N) is 2. The molecule has 110 valence electrons. The summed E-state index contributed by atoms with van der Waals surface area (Å²) in [7, 11) is 0. The second kappa shape index (κ2) is 5.37. The van der Waals surface area contributed by atoms with Crippen molar-refractivity contribution in [2.24, 2.45) is 0 Å². The number of phenolic OH excluding ortho intramolecular Hbond substituents is 1. The first-order valence-corrected chi connectivity index (χ1v) is 6.77. The molecule has 1 aliphatic heterocycles. The number of carbonyl (C=O) groups is 2. The van der Waals surface area contributed by atoms with Crippen molar-refractivity contribution < 1.29 is 14.7 Å². The lowest BCUT2D eigenvalue weighted by Crippen LogP contribution is -2.05. The van der Waals surface area contributed by atoms with Crippen molar-refractivity contribution in [1.82, 2.24) is 0 Å². The Hall–Kier alpha value is -3.08. The van der Waals surface area contributed by atoms with Crippen molar-refractivity contribution in [1.29, 1.82) is 0 Å². The molecule has 0 saturated carbocycles. The van der Waals surface area contributed by atoms with Gasteiger partial charge in [-0.15, -0.1) is 0 Å². The molecule has 0 atom stereocenters. The van der Waals surface area contributed by atoms with Crippen molar-refractivity contribution in [3.8, 4) is 5.75 Å². The molecule has 0 radical (unpaired) electrons. The summed E-state index contributed by atoms with van der Waals surface area (Å²) in [4.78, 5) is 23.3. The molecule has 22 heavy (non-hydrogen) atoms. The van der Waals surface area contributed by atoms with Gasteiger partial charge < -0.3 is 15.7 Å². The Morgan fingerprint density at radius 1 is 1.18 bits per heavy atom. The largest absolute Gasteiger partial charge is 0.508 e. The van der Waals surface area contributed by atoms with Gasteiger partial charge in [-0.25, -0.2) is 0 Å². The van der Waals surface area contributed by atoms with Crippen LogP contribution in [0.1, 0.15) is 18.1 Å². The summed E-state index contributed by atoms with van der Waals surface area (Å²) in [5.74, 6) is -0.185. The lowest BCUT2D eigenvalue weighted by molar-refractivity contribution is -0.114. The normalized spacial score (nSPS) is 14.6. The van der Waals surface area contributed by atoms with E-state index in [4.69, 9.17) is 0 Å². The van der Waals surface area contributed by atoms with Gasteiger partial charge in [0.25, 0.3) is 5.91 Å². The number of fused-ring (bicyclic) bond motifs is 1. The van der Waals surface area contributed by atoms with Crippen molar-refractivity contribution in [3.63, 3.8) is 0 Å². The number of anilines is 2. The zero-order valence-corrected chi connectivity index (χ0v) is 11.9. The Morgan fingerprint density at radius 3 is 2.59 bits per heavy atom. The van der Waals surface area contributed by atoms with E-state index in [-0.39, 0.29) is 17.6 Å². The van der Waals surface area contributed by atoms with Crippen LogP contribution in [0.5, 0.6) is 5.75 Å². The minimum absolute atomic E-state index is 0.165. The molecule has 1 aliphatic rings. The Labute approximate surface area is 127 Å². The zero-order valence-electron chi connectivity index (χ0n) is 11.9. The van der Waals surface area contributed by atoms with Crippen LogP contribution in [0.15, 0.2) is 42.5 Å². The van der Waals surface area contributed by atoms with Gasteiger partial charge in [-0.05, 0) is 42.0 Å². The highest BCUT2D eigenvalue weighted by atomic mass is 16.3. The van der Waals surface area contributed by atoms with Gasteiger partial charge in [0.2, 0.25) is 5.91 Å². The molecular formula is C17H14N2O3. The molecule has 2 aromatic carbocycles. The van der Waals surface area contributed by atoms with E-state index in [1.54, 1.807) is 48.5 Å². The maximum Gasteiger partial charge on any atom is 0.256 e. The summed E-state index contributed by atoms with van der Waals surface area (Å²) in [5.41, 5.74) is 3.42. The van der Waals surface area contributed by atoms with Crippen LogP contribution in [0, 0.1) is 0 Å². The first-order valence-electron chi connectivity index (χ1n) is 6.77. The minimum atomic E-state index is -0.192. The molecule has 1 heterocycles. The summed E-state index contributed by atoms with van der Waals surface area (Å²) in [5, 5.41) is 14.8. The number of rotatable bonds is 2. The SMILES string of the molecule is CC(=O)Nc1ccc2c(c1)C(=Cc1ccc(O)cc1)C(=O)N2. The number of hydrogen-bond acceptors (Lipinski definition) is 3. The van der Waals surface area contributed by atoms with Gasteiger partial charge in [0, 0.05) is 29.4 Å². The van der Waals surface area contributed by atoms with Crippen LogP contribution in [0.3, 0.4) is 0 Å². The highest BCUT2D eigenvalue weighted by Gasteiger charge is 2.24. The molecule has 0 aromatic heterocycles. The van der Waals surface area contributed by atoms with Gasteiger partial charge in [-0.1, -0.05) is 12.1 Å². The van der Waals surface area contributed by atoms with Gasteiger partial charge in [0.15, 0.2) is 0 Å². The number of aromatic hydroxyl groups is 1. The smallest absolute Gasteiger partial charge is 0.256 e. The molecule has 0 fully saturated rings. The molecule has 2 amide bonds. The van der Waals surface area contributed by atoms with E-state index in [1.165, 1.54) is 6.92 Å². The summed E-state index contributed by atoms with van der Waals surface area (Å²) < 4.78 is 0. The highest BCUT2D eigenvalue weighted by Crippen LogP contribution is 2.35. The van der Waals surface area contributed by atoms with E-state index in [2.05, 4.69) is 10.6 Å². The van der Waals surface area contributed by atoms with Crippen molar-refractivity contribution in [3.05, 3.63) is 53.6 Å². The van der Waals surface area contributed by atoms with Gasteiger partial charge in [-0.2, -0.15) is 0 Å². The number of carbonyl (C=O) groups excluding carboxylic acids is 2. The van der Waals surface area contributed by atoms with Crippen molar-refractivity contribution >= 4 is 34.8 Å². The fourth-order valence-corrected chi connectivity index (χ4v) is 2.35. The fourth-order valence-electron chi connectivity index (χ4n) is 2.35. The maximum atomic E-state index is 12.1. The van der Waals surface area contributed by atoms with Gasteiger partial charge in [-0.3, -0.25) is 9.59 Å². The van der Waals surface area contributed by atoms with Crippen LogP contribution in [-0.2, 0) is 9.59 Å². The summed E-state index contributed by atoms with van der Waals surface area (Å²) in [6.45, 7) is 1.43. The van der Waals surface area contributed by atoms with E-state index >= 15 is 0 Å². The third-order valence-corrected chi connectivity index (χ3v) is 3.33. The molecule has 0 spiro atoms. The van der Waals surface area contributed by atoms with Crippen molar-refractivity contribution in [2.45, 2.75) is 6.92 Å². The highest BCUT2D eigenvalue weighted by molar-refractivity contribution is 6.35. The van der Waals surface area contributed by atoms with Crippen LogP contribution in [0.25, 0.3) is 11.6 Å². The molecule has 0 bridgehead atoms. The van der Waals surface area contributed by atoms with E-state index < -0.39 is 0 Å². The fraction of sp³-hybridized carbons (Fsp3) is 0.0588. The third-order valence-electron chi connectivity index (χ3n) is 3.33.